The number of hydrogen-bond donors (Lipinski definition) is 0. The number of benzene rings is 2. The second kappa shape index (κ2) is 9.80. The molecule has 1 amide bonds. The average Bonchev–Trinajstić information content (AvgIpc) is 2.98. The van der Waals surface area contributed by atoms with Gasteiger partial charge in [-0.1, -0.05) is 24.0 Å². The third kappa shape index (κ3) is 4.92. The molecular formula is C22H23NO4S2. The van der Waals surface area contributed by atoms with Crippen molar-refractivity contribution in [3.8, 4) is 17.2 Å². The maximum atomic E-state index is 13.0. The minimum Gasteiger partial charge on any atom is -0.494 e. The number of thiocarbonyl (C=S) groups is 1. The largest absolute Gasteiger partial charge is 0.494 e. The van der Waals surface area contributed by atoms with E-state index in [1.165, 1.54) is 16.7 Å². The van der Waals surface area contributed by atoms with Crippen molar-refractivity contribution in [1.29, 1.82) is 0 Å². The molecule has 7 heteroatoms. The van der Waals surface area contributed by atoms with Crippen LogP contribution in [-0.2, 0) is 4.79 Å². The Balaban J connectivity index is 1.87. The van der Waals surface area contributed by atoms with Gasteiger partial charge in [-0.25, -0.2) is 0 Å². The molecule has 152 valence electrons. The second-order valence-corrected chi connectivity index (χ2v) is 7.69. The monoisotopic (exact) mass is 429 g/mol. The van der Waals surface area contributed by atoms with E-state index in [4.69, 9.17) is 26.4 Å². The van der Waals surface area contributed by atoms with Crippen LogP contribution in [0.4, 0.5) is 5.69 Å². The molecule has 0 N–H and O–H groups in total. The van der Waals surface area contributed by atoms with Crippen LogP contribution in [0.2, 0.25) is 0 Å². The fourth-order valence-electron chi connectivity index (χ4n) is 2.86. The van der Waals surface area contributed by atoms with Gasteiger partial charge < -0.3 is 14.2 Å². The highest BCUT2D eigenvalue weighted by molar-refractivity contribution is 8.27. The summed E-state index contributed by atoms with van der Waals surface area (Å²) in [6.45, 7) is 7.46. The molecule has 0 saturated carbocycles. The second-order valence-electron chi connectivity index (χ2n) is 6.01. The van der Waals surface area contributed by atoms with Gasteiger partial charge in [0.2, 0.25) is 0 Å². The number of thioether (sulfide) groups is 1. The van der Waals surface area contributed by atoms with Crippen LogP contribution in [0.25, 0.3) is 6.08 Å². The first-order valence-corrected chi connectivity index (χ1v) is 10.7. The Morgan fingerprint density at radius 2 is 1.55 bits per heavy atom. The molecule has 0 aliphatic carbocycles. The summed E-state index contributed by atoms with van der Waals surface area (Å²) in [5.41, 5.74) is 1.53. The van der Waals surface area contributed by atoms with E-state index in [1.54, 1.807) is 0 Å². The molecule has 0 atom stereocenters. The normalized spacial score (nSPS) is 15.1. The molecule has 0 aromatic heterocycles. The SMILES string of the molecule is CCOc1ccc(N2C(=O)C(=Cc3ccc(OCC)cc3OCC)SC2=S)cc1. The molecule has 1 aliphatic rings. The van der Waals surface area contributed by atoms with E-state index in [0.29, 0.717) is 34.8 Å². The lowest BCUT2D eigenvalue weighted by Gasteiger charge is -2.15. The van der Waals surface area contributed by atoms with Crippen molar-refractivity contribution in [2.24, 2.45) is 0 Å². The standard InChI is InChI=1S/C22H23NO4S2/c1-4-25-17-11-8-16(9-12-17)23-21(24)20(29-22(23)28)13-15-7-10-18(26-5-2)14-19(15)27-6-3/h7-14H,4-6H2,1-3H3. The Kier molecular flexibility index (Phi) is 7.17. The van der Waals surface area contributed by atoms with Gasteiger partial charge in [-0.05, 0) is 63.2 Å². The quantitative estimate of drug-likeness (QED) is 0.420. The predicted molar refractivity (Wildman–Crippen MR) is 122 cm³/mol. The predicted octanol–water partition coefficient (Wildman–Crippen LogP) is 5.29. The summed E-state index contributed by atoms with van der Waals surface area (Å²) in [5.74, 6) is 2.01. The average molecular weight is 430 g/mol. The topological polar surface area (TPSA) is 48.0 Å². The highest BCUT2D eigenvalue weighted by Crippen LogP contribution is 2.38. The number of nitrogens with zero attached hydrogens (tertiary/aromatic N) is 1. The lowest BCUT2D eigenvalue weighted by Crippen LogP contribution is -2.27. The smallest absolute Gasteiger partial charge is 0.270 e. The van der Waals surface area contributed by atoms with E-state index in [9.17, 15) is 4.79 Å². The van der Waals surface area contributed by atoms with Gasteiger partial charge in [0.15, 0.2) is 4.32 Å². The molecule has 3 rings (SSSR count). The summed E-state index contributed by atoms with van der Waals surface area (Å²) >= 11 is 6.74. The molecule has 0 unspecified atom stereocenters. The van der Waals surface area contributed by atoms with Crippen LogP contribution in [0.5, 0.6) is 17.2 Å². The zero-order valence-corrected chi connectivity index (χ0v) is 18.3. The van der Waals surface area contributed by atoms with Crippen LogP contribution >= 0.6 is 24.0 Å². The summed E-state index contributed by atoms with van der Waals surface area (Å²) in [7, 11) is 0. The lowest BCUT2D eigenvalue weighted by atomic mass is 10.1. The number of carbonyl (C=O) groups excluding carboxylic acids is 1. The Labute approximate surface area is 180 Å². The van der Waals surface area contributed by atoms with Crippen molar-refractivity contribution in [2.75, 3.05) is 24.7 Å². The molecule has 29 heavy (non-hydrogen) atoms. The van der Waals surface area contributed by atoms with Gasteiger partial charge in [0.25, 0.3) is 5.91 Å². The van der Waals surface area contributed by atoms with Gasteiger partial charge >= 0.3 is 0 Å². The van der Waals surface area contributed by atoms with E-state index < -0.39 is 0 Å². The van der Waals surface area contributed by atoms with Crippen LogP contribution in [0, 0.1) is 0 Å². The highest BCUT2D eigenvalue weighted by atomic mass is 32.2. The van der Waals surface area contributed by atoms with Crippen molar-refractivity contribution in [3.05, 3.63) is 52.9 Å². The molecule has 0 spiro atoms. The zero-order valence-electron chi connectivity index (χ0n) is 16.6. The van der Waals surface area contributed by atoms with Gasteiger partial charge in [0, 0.05) is 11.6 Å². The molecule has 0 radical (unpaired) electrons. The maximum absolute atomic E-state index is 13.0. The molecule has 1 aliphatic heterocycles. The minimum atomic E-state index is -0.152. The van der Waals surface area contributed by atoms with Crippen molar-refractivity contribution in [3.63, 3.8) is 0 Å². The number of anilines is 1. The highest BCUT2D eigenvalue weighted by Gasteiger charge is 2.33. The molecule has 1 heterocycles. The zero-order chi connectivity index (χ0) is 20.8. The first-order chi connectivity index (χ1) is 14.1. The Bertz CT molecular complexity index is 925. The van der Waals surface area contributed by atoms with Crippen LogP contribution in [-0.4, -0.2) is 30.0 Å². The summed E-state index contributed by atoms with van der Waals surface area (Å²) in [5, 5.41) is 0. The number of ether oxygens (including phenoxy) is 3. The molecule has 0 bridgehead atoms. The molecule has 2 aromatic rings. The maximum Gasteiger partial charge on any atom is 0.270 e. The number of rotatable bonds is 8. The van der Waals surface area contributed by atoms with Crippen LogP contribution in [0.15, 0.2) is 47.4 Å². The fourth-order valence-corrected chi connectivity index (χ4v) is 4.15. The first kappa shape index (κ1) is 21.2. The molecular weight excluding hydrogens is 406 g/mol. The van der Waals surface area contributed by atoms with Gasteiger partial charge in [-0.2, -0.15) is 0 Å². The van der Waals surface area contributed by atoms with E-state index in [-0.39, 0.29) is 5.91 Å². The van der Waals surface area contributed by atoms with Crippen LogP contribution in [0.3, 0.4) is 0 Å². The molecule has 1 saturated heterocycles. The van der Waals surface area contributed by atoms with Crippen molar-refractivity contribution >= 4 is 46.0 Å². The fraction of sp³-hybridized carbons (Fsp3) is 0.273. The van der Waals surface area contributed by atoms with Crippen molar-refractivity contribution < 1.29 is 19.0 Å². The third-order valence-electron chi connectivity index (χ3n) is 4.08. The Morgan fingerprint density at radius 3 is 2.21 bits per heavy atom. The summed E-state index contributed by atoms with van der Waals surface area (Å²) in [6.07, 6.45) is 1.81. The van der Waals surface area contributed by atoms with E-state index in [0.717, 1.165) is 22.7 Å². The Hall–Kier alpha value is -2.51. The first-order valence-electron chi connectivity index (χ1n) is 9.47. The summed E-state index contributed by atoms with van der Waals surface area (Å²) in [6, 6.07) is 12.9. The van der Waals surface area contributed by atoms with Gasteiger partial charge in [-0.3, -0.25) is 9.69 Å². The van der Waals surface area contributed by atoms with Gasteiger partial charge in [-0.15, -0.1) is 0 Å². The van der Waals surface area contributed by atoms with E-state index >= 15 is 0 Å². The number of amides is 1. The number of carbonyl (C=O) groups is 1. The Morgan fingerprint density at radius 1 is 0.931 bits per heavy atom. The van der Waals surface area contributed by atoms with E-state index in [2.05, 4.69) is 0 Å². The van der Waals surface area contributed by atoms with Gasteiger partial charge in [0.05, 0.1) is 30.4 Å². The lowest BCUT2D eigenvalue weighted by molar-refractivity contribution is -0.113. The van der Waals surface area contributed by atoms with Gasteiger partial charge in [0.1, 0.15) is 17.2 Å². The number of hydrogen-bond acceptors (Lipinski definition) is 6. The minimum absolute atomic E-state index is 0.152. The van der Waals surface area contributed by atoms with Crippen molar-refractivity contribution in [1.82, 2.24) is 0 Å². The summed E-state index contributed by atoms with van der Waals surface area (Å²) in [4.78, 5) is 15.1. The van der Waals surface area contributed by atoms with E-state index in [1.807, 2.05) is 69.3 Å². The van der Waals surface area contributed by atoms with Crippen LogP contribution < -0.4 is 19.1 Å². The van der Waals surface area contributed by atoms with Crippen LogP contribution in [0.1, 0.15) is 26.3 Å². The third-order valence-corrected chi connectivity index (χ3v) is 5.38. The van der Waals surface area contributed by atoms with Crippen molar-refractivity contribution in [2.45, 2.75) is 20.8 Å². The molecule has 5 nitrogen and oxygen atoms in total. The summed E-state index contributed by atoms with van der Waals surface area (Å²) < 4.78 is 17.2. The molecule has 2 aromatic carbocycles. The molecule has 1 fully saturated rings.